The number of methoxy groups -OCH3 is 1. The summed E-state index contributed by atoms with van der Waals surface area (Å²) in [5.74, 6) is -1.06. The standard InChI is InChI=1S/C26H28F2N6O3/c1-26(7-8-26)19-6-5-15(10-20(19)28)23(18-4-3-9-29-25(18)37-2)31-24(36)21-11-16(27)14-34(21)22(35)12-17-13-30-33-32-17/h3-6,9-10,13,16,21,23H,7-8,11-12,14H2,1-2H3,(H,31,36)(H,30,32,33). The van der Waals surface area contributed by atoms with Crippen LogP contribution in [-0.2, 0) is 21.4 Å². The van der Waals surface area contributed by atoms with E-state index in [0.717, 1.165) is 12.8 Å². The van der Waals surface area contributed by atoms with E-state index in [4.69, 9.17) is 4.74 Å². The maximum Gasteiger partial charge on any atom is 0.243 e. The number of alkyl halides is 1. The number of hydrogen-bond acceptors (Lipinski definition) is 6. The highest BCUT2D eigenvalue weighted by Gasteiger charge is 2.42. The summed E-state index contributed by atoms with van der Waals surface area (Å²) in [7, 11) is 1.46. The average Bonchev–Trinajstić information content (AvgIpc) is 3.25. The third-order valence-electron chi connectivity index (χ3n) is 7.25. The molecule has 0 radical (unpaired) electrons. The van der Waals surface area contributed by atoms with Crippen molar-refractivity contribution in [3.05, 3.63) is 70.9 Å². The van der Waals surface area contributed by atoms with E-state index in [-0.39, 0.29) is 36.5 Å². The van der Waals surface area contributed by atoms with Crippen LogP contribution in [0.5, 0.6) is 5.88 Å². The van der Waals surface area contributed by atoms with Crippen LogP contribution in [-0.4, -0.2) is 63.0 Å². The number of carbonyl (C=O) groups excluding carboxylic acids is 2. The lowest BCUT2D eigenvalue weighted by Gasteiger charge is -2.27. The first kappa shape index (κ1) is 24.8. The smallest absolute Gasteiger partial charge is 0.243 e. The fraction of sp³-hybridized carbons (Fsp3) is 0.423. The Bertz CT molecular complexity index is 1300. The molecule has 11 heteroatoms. The largest absolute Gasteiger partial charge is 0.481 e. The number of nitrogens with one attached hydrogen (secondary N) is 2. The van der Waals surface area contributed by atoms with Gasteiger partial charge in [-0.05, 0) is 47.6 Å². The molecule has 1 aliphatic carbocycles. The molecule has 2 N–H and O–H groups in total. The number of hydrogen-bond donors (Lipinski definition) is 2. The monoisotopic (exact) mass is 510 g/mol. The molecule has 9 nitrogen and oxygen atoms in total. The normalized spacial score (nSPS) is 20.9. The van der Waals surface area contributed by atoms with Crippen molar-refractivity contribution in [2.75, 3.05) is 13.7 Å². The number of aromatic amines is 1. The Morgan fingerprint density at radius 1 is 1.32 bits per heavy atom. The molecular weight excluding hydrogens is 482 g/mol. The molecule has 5 rings (SSSR count). The zero-order chi connectivity index (χ0) is 26.2. The van der Waals surface area contributed by atoms with Gasteiger partial charge in [0.15, 0.2) is 0 Å². The van der Waals surface area contributed by atoms with Gasteiger partial charge in [-0.1, -0.05) is 24.3 Å². The fourth-order valence-corrected chi connectivity index (χ4v) is 4.91. The van der Waals surface area contributed by atoms with Crippen LogP contribution in [0.2, 0.25) is 0 Å². The van der Waals surface area contributed by atoms with Crippen molar-refractivity contribution >= 4 is 11.8 Å². The van der Waals surface area contributed by atoms with Crippen LogP contribution in [0.3, 0.4) is 0 Å². The molecule has 1 aliphatic heterocycles. The number of rotatable bonds is 8. The minimum Gasteiger partial charge on any atom is -0.481 e. The van der Waals surface area contributed by atoms with E-state index in [1.807, 2.05) is 6.92 Å². The molecule has 3 atom stereocenters. The molecular formula is C26H28F2N6O3. The minimum atomic E-state index is -1.35. The molecule has 2 fully saturated rings. The third kappa shape index (κ3) is 5.03. The van der Waals surface area contributed by atoms with Crippen molar-refractivity contribution in [3.63, 3.8) is 0 Å². The topological polar surface area (TPSA) is 113 Å². The summed E-state index contributed by atoms with van der Waals surface area (Å²) in [6.07, 6.45) is 3.22. The van der Waals surface area contributed by atoms with Crippen molar-refractivity contribution < 1.29 is 23.1 Å². The van der Waals surface area contributed by atoms with E-state index in [1.165, 1.54) is 24.3 Å². The van der Waals surface area contributed by atoms with Gasteiger partial charge in [-0.15, -0.1) is 5.10 Å². The zero-order valence-corrected chi connectivity index (χ0v) is 20.6. The van der Waals surface area contributed by atoms with Crippen LogP contribution in [0.4, 0.5) is 8.78 Å². The number of benzene rings is 1. The van der Waals surface area contributed by atoms with Crippen LogP contribution in [0.25, 0.3) is 0 Å². The predicted octanol–water partition coefficient (Wildman–Crippen LogP) is 2.79. The van der Waals surface area contributed by atoms with Crippen molar-refractivity contribution in [3.8, 4) is 5.88 Å². The number of halogens is 2. The molecule has 0 bridgehead atoms. The van der Waals surface area contributed by atoms with Crippen molar-refractivity contribution in [2.45, 2.75) is 56.3 Å². The van der Waals surface area contributed by atoms with E-state index in [2.05, 4.69) is 25.7 Å². The van der Waals surface area contributed by atoms with Crippen LogP contribution in [0, 0.1) is 5.82 Å². The number of likely N-dealkylation sites (tertiary alicyclic amines) is 1. The lowest BCUT2D eigenvalue weighted by Crippen LogP contribution is -2.47. The number of H-pyrrole nitrogens is 1. The Morgan fingerprint density at radius 3 is 2.81 bits per heavy atom. The molecule has 3 aromatic rings. The van der Waals surface area contributed by atoms with E-state index < -0.39 is 30.1 Å². The van der Waals surface area contributed by atoms with Gasteiger partial charge in [-0.3, -0.25) is 14.7 Å². The van der Waals surface area contributed by atoms with Gasteiger partial charge in [0.05, 0.1) is 38.0 Å². The molecule has 3 heterocycles. The van der Waals surface area contributed by atoms with Crippen LogP contribution in [0.15, 0.2) is 42.7 Å². The van der Waals surface area contributed by atoms with Crippen molar-refractivity contribution in [1.82, 2.24) is 30.6 Å². The Hall–Kier alpha value is -3.89. The summed E-state index contributed by atoms with van der Waals surface area (Å²) >= 11 is 0. The Balaban J connectivity index is 1.44. The van der Waals surface area contributed by atoms with E-state index in [9.17, 15) is 14.0 Å². The number of carbonyl (C=O) groups is 2. The van der Waals surface area contributed by atoms with Crippen molar-refractivity contribution in [1.29, 1.82) is 0 Å². The van der Waals surface area contributed by atoms with Gasteiger partial charge in [0.2, 0.25) is 17.7 Å². The molecule has 0 spiro atoms. The third-order valence-corrected chi connectivity index (χ3v) is 7.25. The van der Waals surface area contributed by atoms with Gasteiger partial charge in [0.25, 0.3) is 0 Å². The highest BCUT2D eigenvalue weighted by atomic mass is 19.1. The summed E-state index contributed by atoms with van der Waals surface area (Å²) < 4.78 is 35.1. The maximum absolute atomic E-state index is 15.2. The lowest BCUT2D eigenvalue weighted by atomic mass is 9.92. The highest BCUT2D eigenvalue weighted by molar-refractivity contribution is 5.89. The summed E-state index contributed by atoms with van der Waals surface area (Å²) in [6, 6.07) is 6.50. The minimum absolute atomic E-state index is 0.0885. The average molecular weight is 511 g/mol. The summed E-state index contributed by atoms with van der Waals surface area (Å²) in [5.41, 5.74) is 1.93. The Kier molecular flexibility index (Phi) is 6.61. The second-order valence-corrected chi connectivity index (χ2v) is 9.90. The lowest BCUT2D eigenvalue weighted by molar-refractivity contribution is -0.138. The van der Waals surface area contributed by atoms with E-state index in [0.29, 0.717) is 22.4 Å². The molecule has 1 aromatic carbocycles. The van der Waals surface area contributed by atoms with Gasteiger partial charge in [-0.25, -0.2) is 13.8 Å². The maximum atomic E-state index is 15.2. The summed E-state index contributed by atoms with van der Waals surface area (Å²) in [5, 5.41) is 12.7. The van der Waals surface area contributed by atoms with Gasteiger partial charge < -0.3 is 15.0 Å². The van der Waals surface area contributed by atoms with Crippen molar-refractivity contribution in [2.24, 2.45) is 0 Å². The van der Waals surface area contributed by atoms with Gasteiger partial charge >= 0.3 is 0 Å². The molecule has 1 saturated carbocycles. The second-order valence-electron chi connectivity index (χ2n) is 9.90. The first-order valence-electron chi connectivity index (χ1n) is 12.2. The fourth-order valence-electron chi connectivity index (χ4n) is 4.91. The highest BCUT2D eigenvalue weighted by Crippen LogP contribution is 2.48. The van der Waals surface area contributed by atoms with E-state index >= 15 is 4.39 Å². The van der Waals surface area contributed by atoms with Crippen LogP contribution < -0.4 is 10.1 Å². The molecule has 2 aliphatic rings. The number of aromatic nitrogens is 4. The predicted molar refractivity (Wildman–Crippen MR) is 129 cm³/mol. The second kappa shape index (κ2) is 9.87. The van der Waals surface area contributed by atoms with Crippen LogP contribution >= 0.6 is 0 Å². The Labute approximate surface area is 212 Å². The van der Waals surface area contributed by atoms with Gasteiger partial charge in [-0.2, -0.15) is 0 Å². The molecule has 2 amide bonds. The van der Waals surface area contributed by atoms with E-state index in [1.54, 1.807) is 30.5 Å². The number of amides is 2. The molecule has 2 aromatic heterocycles. The molecule has 1 saturated heterocycles. The quantitative estimate of drug-likeness (QED) is 0.482. The molecule has 37 heavy (non-hydrogen) atoms. The Morgan fingerprint density at radius 2 is 2.14 bits per heavy atom. The zero-order valence-electron chi connectivity index (χ0n) is 20.6. The SMILES string of the molecule is COc1ncccc1C(NC(=O)C1CC(F)CN1C(=O)Cc1cnn[nH]1)c1ccc(C2(C)CC2)c(F)c1. The first-order chi connectivity index (χ1) is 17.8. The summed E-state index contributed by atoms with van der Waals surface area (Å²) in [6.45, 7) is 1.83. The molecule has 194 valence electrons. The number of pyridine rings is 1. The number of ether oxygens (including phenoxy) is 1. The summed E-state index contributed by atoms with van der Waals surface area (Å²) in [4.78, 5) is 31.9. The van der Waals surface area contributed by atoms with Gasteiger partial charge in [0, 0.05) is 18.2 Å². The number of nitrogens with zero attached hydrogens (tertiary/aromatic N) is 4. The first-order valence-corrected chi connectivity index (χ1v) is 12.2. The van der Waals surface area contributed by atoms with Gasteiger partial charge in [0.1, 0.15) is 18.0 Å². The molecule has 3 unspecified atom stereocenters. The van der Waals surface area contributed by atoms with Crippen LogP contribution in [0.1, 0.15) is 54.6 Å².